The Kier molecular flexibility index (Phi) is 6.05. The third-order valence-corrected chi connectivity index (χ3v) is 2.80. The van der Waals surface area contributed by atoms with Gasteiger partial charge in [0.1, 0.15) is 17.4 Å². The molecule has 1 aromatic carbocycles. The number of ether oxygens (including phenoxy) is 2. The molecule has 2 atom stereocenters. The molecule has 0 saturated carbocycles. The summed E-state index contributed by atoms with van der Waals surface area (Å²) in [6.07, 6.45) is -0.554. The molecule has 2 unspecified atom stereocenters. The van der Waals surface area contributed by atoms with Gasteiger partial charge in [0.25, 0.3) is 0 Å². The molecule has 22 heavy (non-hydrogen) atoms. The van der Waals surface area contributed by atoms with Gasteiger partial charge < -0.3 is 20.1 Å². The smallest absolute Gasteiger partial charge is 0.407 e. The first kappa shape index (κ1) is 17.6. The number of nitriles is 1. The zero-order chi connectivity index (χ0) is 16.8. The molecule has 120 valence electrons. The summed E-state index contributed by atoms with van der Waals surface area (Å²) in [5.74, 6) is 0.632. The van der Waals surface area contributed by atoms with Crippen LogP contribution in [0.5, 0.6) is 5.75 Å². The lowest BCUT2D eigenvalue weighted by atomic mass is 10.1. The number of hydrogen-bond acceptors (Lipinski definition) is 5. The van der Waals surface area contributed by atoms with Gasteiger partial charge in [0.15, 0.2) is 0 Å². The van der Waals surface area contributed by atoms with E-state index in [9.17, 15) is 10.1 Å². The summed E-state index contributed by atoms with van der Waals surface area (Å²) in [7, 11) is 1.56. The van der Waals surface area contributed by atoms with Crippen molar-refractivity contribution in [3.8, 4) is 11.8 Å². The minimum atomic E-state index is -0.621. The fraction of sp³-hybridized carbons (Fsp3) is 0.500. The molecular weight excluding hydrogens is 282 g/mol. The Labute approximate surface area is 131 Å². The molecule has 0 saturated heterocycles. The van der Waals surface area contributed by atoms with Gasteiger partial charge in [-0.2, -0.15) is 5.26 Å². The summed E-state index contributed by atoms with van der Waals surface area (Å²) in [5.41, 5.74) is 0.108. The first-order valence-electron chi connectivity index (χ1n) is 7.05. The van der Waals surface area contributed by atoms with Crippen molar-refractivity contribution in [1.29, 1.82) is 5.26 Å². The molecule has 0 aliphatic rings. The first-order chi connectivity index (χ1) is 10.3. The zero-order valence-electron chi connectivity index (χ0n) is 13.6. The van der Waals surface area contributed by atoms with Crippen LogP contribution in [0.1, 0.15) is 27.7 Å². The average molecular weight is 305 g/mol. The van der Waals surface area contributed by atoms with Crippen LogP contribution in [0.25, 0.3) is 0 Å². The Balaban J connectivity index is 2.71. The predicted octanol–water partition coefficient (Wildman–Crippen LogP) is 2.91. The van der Waals surface area contributed by atoms with E-state index in [2.05, 4.69) is 16.7 Å². The minimum absolute atomic E-state index is 0.440. The second-order valence-corrected chi connectivity index (χ2v) is 5.89. The van der Waals surface area contributed by atoms with Gasteiger partial charge in [-0.3, -0.25) is 0 Å². The van der Waals surface area contributed by atoms with E-state index < -0.39 is 23.8 Å². The van der Waals surface area contributed by atoms with Gasteiger partial charge in [-0.15, -0.1) is 0 Å². The lowest BCUT2D eigenvalue weighted by molar-refractivity contribution is 0.0507. The fourth-order valence-electron chi connectivity index (χ4n) is 1.78. The maximum absolute atomic E-state index is 11.8. The molecule has 1 amide bonds. The molecule has 6 heteroatoms. The third kappa shape index (κ3) is 5.52. The number of para-hydroxylation sites is 2. The summed E-state index contributed by atoms with van der Waals surface area (Å²) in [5, 5.41) is 15.0. The van der Waals surface area contributed by atoms with E-state index in [4.69, 9.17) is 9.47 Å². The molecule has 0 spiro atoms. The maximum atomic E-state index is 11.8. The number of nitrogens with zero attached hydrogens (tertiary/aromatic N) is 1. The van der Waals surface area contributed by atoms with Crippen molar-refractivity contribution >= 4 is 11.8 Å². The lowest BCUT2D eigenvalue weighted by Crippen LogP contribution is -2.46. The second kappa shape index (κ2) is 7.55. The van der Waals surface area contributed by atoms with Crippen molar-refractivity contribution in [2.75, 3.05) is 12.4 Å². The highest BCUT2D eigenvalue weighted by molar-refractivity contribution is 5.68. The van der Waals surface area contributed by atoms with E-state index in [0.717, 1.165) is 0 Å². The SMILES string of the molecule is COc1ccccc1NC(C#N)C(C)NC(=O)OC(C)(C)C. The number of nitrogens with one attached hydrogen (secondary N) is 2. The summed E-state index contributed by atoms with van der Waals surface area (Å²) >= 11 is 0. The van der Waals surface area contributed by atoms with Gasteiger partial charge in [0.05, 0.1) is 24.9 Å². The average Bonchev–Trinajstić information content (AvgIpc) is 2.42. The number of benzene rings is 1. The topological polar surface area (TPSA) is 83.4 Å². The van der Waals surface area contributed by atoms with Crippen LogP contribution in [0.2, 0.25) is 0 Å². The van der Waals surface area contributed by atoms with Gasteiger partial charge in [-0.25, -0.2) is 4.79 Å². The van der Waals surface area contributed by atoms with E-state index in [1.807, 2.05) is 18.2 Å². The van der Waals surface area contributed by atoms with Crippen molar-refractivity contribution in [3.05, 3.63) is 24.3 Å². The Morgan fingerprint density at radius 2 is 1.95 bits per heavy atom. The molecule has 0 aliphatic carbocycles. The largest absolute Gasteiger partial charge is 0.495 e. The number of alkyl carbamates (subject to hydrolysis) is 1. The van der Waals surface area contributed by atoms with Crippen LogP contribution >= 0.6 is 0 Å². The van der Waals surface area contributed by atoms with E-state index in [-0.39, 0.29) is 0 Å². The van der Waals surface area contributed by atoms with E-state index in [1.54, 1.807) is 40.9 Å². The minimum Gasteiger partial charge on any atom is -0.495 e. The number of anilines is 1. The summed E-state index contributed by atoms with van der Waals surface area (Å²) < 4.78 is 10.4. The van der Waals surface area contributed by atoms with Crippen LogP contribution in [0, 0.1) is 11.3 Å². The van der Waals surface area contributed by atoms with Crippen molar-refractivity contribution in [1.82, 2.24) is 5.32 Å². The number of methoxy groups -OCH3 is 1. The summed E-state index contributed by atoms with van der Waals surface area (Å²) in [6.45, 7) is 7.09. The van der Waals surface area contributed by atoms with Crippen molar-refractivity contribution < 1.29 is 14.3 Å². The van der Waals surface area contributed by atoms with Gasteiger partial charge in [0.2, 0.25) is 0 Å². The molecule has 0 heterocycles. The number of carbonyl (C=O) groups is 1. The monoisotopic (exact) mass is 305 g/mol. The van der Waals surface area contributed by atoms with E-state index in [1.165, 1.54) is 0 Å². The van der Waals surface area contributed by atoms with Gasteiger partial charge in [-0.1, -0.05) is 12.1 Å². The quantitative estimate of drug-likeness (QED) is 0.874. The summed E-state index contributed by atoms with van der Waals surface area (Å²) in [4.78, 5) is 11.8. The highest BCUT2D eigenvalue weighted by Gasteiger charge is 2.23. The number of carbonyl (C=O) groups excluding carboxylic acids is 1. The summed E-state index contributed by atoms with van der Waals surface area (Å²) in [6, 6.07) is 8.35. The van der Waals surface area contributed by atoms with Crippen LogP contribution in [0.3, 0.4) is 0 Å². The Hall–Kier alpha value is -2.42. The van der Waals surface area contributed by atoms with Gasteiger partial charge >= 0.3 is 6.09 Å². The van der Waals surface area contributed by atoms with Crippen molar-refractivity contribution in [3.63, 3.8) is 0 Å². The van der Waals surface area contributed by atoms with E-state index in [0.29, 0.717) is 11.4 Å². The zero-order valence-corrected chi connectivity index (χ0v) is 13.6. The molecule has 0 radical (unpaired) electrons. The predicted molar refractivity (Wildman–Crippen MR) is 84.8 cm³/mol. The molecule has 1 aromatic rings. The Bertz CT molecular complexity index is 546. The highest BCUT2D eigenvalue weighted by Crippen LogP contribution is 2.24. The third-order valence-electron chi connectivity index (χ3n) is 2.80. The van der Waals surface area contributed by atoms with Gasteiger partial charge in [-0.05, 0) is 39.8 Å². The molecular formula is C16H23N3O3. The number of amides is 1. The molecule has 1 rings (SSSR count). The molecule has 0 bridgehead atoms. The van der Waals surface area contributed by atoms with Crippen LogP contribution in [-0.4, -0.2) is 30.9 Å². The standard InChI is InChI=1S/C16H23N3O3/c1-11(18-15(20)22-16(2,3)4)13(10-17)19-12-8-6-7-9-14(12)21-5/h6-9,11,13,19H,1-5H3,(H,18,20). The molecule has 0 aliphatic heterocycles. The molecule has 0 fully saturated rings. The fourth-order valence-corrected chi connectivity index (χ4v) is 1.78. The van der Waals surface area contributed by atoms with Crippen molar-refractivity contribution in [2.24, 2.45) is 0 Å². The second-order valence-electron chi connectivity index (χ2n) is 5.89. The highest BCUT2D eigenvalue weighted by atomic mass is 16.6. The molecule has 6 nitrogen and oxygen atoms in total. The van der Waals surface area contributed by atoms with Crippen LogP contribution in [0.15, 0.2) is 24.3 Å². The molecule has 2 N–H and O–H groups in total. The Morgan fingerprint density at radius 3 is 2.50 bits per heavy atom. The number of rotatable bonds is 5. The number of hydrogen-bond donors (Lipinski definition) is 2. The van der Waals surface area contributed by atoms with Crippen molar-refractivity contribution in [2.45, 2.75) is 45.4 Å². The van der Waals surface area contributed by atoms with Crippen LogP contribution in [-0.2, 0) is 4.74 Å². The lowest BCUT2D eigenvalue weighted by Gasteiger charge is -2.25. The van der Waals surface area contributed by atoms with Crippen LogP contribution in [0.4, 0.5) is 10.5 Å². The Morgan fingerprint density at radius 1 is 1.32 bits per heavy atom. The molecule has 0 aromatic heterocycles. The first-order valence-corrected chi connectivity index (χ1v) is 7.05. The normalized spacial score (nSPS) is 13.5. The van der Waals surface area contributed by atoms with Gasteiger partial charge in [0, 0.05) is 0 Å². The van der Waals surface area contributed by atoms with E-state index >= 15 is 0 Å². The maximum Gasteiger partial charge on any atom is 0.407 e. The van der Waals surface area contributed by atoms with Crippen LogP contribution < -0.4 is 15.4 Å².